The first-order chi connectivity index (χ1) is 25.5. The van der Waals surface area contributed by atoms with Crippen molar-refractivity contribution in [3.05, 3.63) is 187 Å². The molecule has 1 nitrogen and oxygen atoms in total. The Balaban J connectivity index is 1.36. The van der Waals surface area contributed by atoms with Gasteiger partial charge in [-0.05, 0) is 102 Å². The SMILES string of the molecule is CC(C)(C)c1cc(-c2cccc3cccc(-c4ccccc4N(c4ccc(-c5ccccc5)cc4)c4ccc5ccccc5c4)c23)cc(C(C)(C)C)c1. The molecule has 0 N–H and O–H groups in total. The minimum atomic E-state index is 0.0203. The molecule has 0 saturated heterocycles. The zero-order chi connectivity index (χ0) is 36.7. The van der Waals surface area contributed by atoms with Crippen LogP contribution in [0.5, 0.6) is 0 Å². The van der Waals surface area contributed by atoms with E-state index in [0.717, 1.165) is 17.1 Å². The summed E-state index contributed by atoms with van der Waals surface area (Å²) in [5.41, 5.74) is 13.5. The van der Waals surface area contributed by atoms with Gasteiger partial charge in [0.05, 0.1) is 5.69 Å². The third-order valence-electron chi connectivity index (χ3n) is 10.5. The molecule has 0 heterocycles. The topological polar surface area (TPSA) is 3.24 Å². The van der Waals surface area contributed by atoms with Crippen molar-refractivity contribution in [1.29, 1.82) is 0 Å². The van der Waals surface area contributed by atoms with Crippen molar-refractivity contribution in [3.63, 3.8) is 0 Å². The second-order valence-corrected chi connectivity index (χ2v) is 16.3. The number of para-hydroxylation sites is 1. The van der Waals surface area contributed by atoms with Crippen LogP contribution in [0.15, 0.2) is 176 Å². The first-order valence-corrected chi connectivity index (χ1v) is 18.8. The van der Waals surface area contributed by atoms with Crippen molar-refractivity contribution in [2.75, 3.05) is 4.90 Å². The second-order valence-electron chi connectivity index (χ2n) is 16.3. The molecule has 8 aromatic carbocycles. The summed E-state index contributed by atoms with van der Waals surface area (Å²) in [6, 6.07) is 64.8. The Morgan fingerprint density at radius 3 is 1.55 bits per heavy atom. The third kappa shape index (κ3) is 6.76. The zero-order valence-electron chi connectivity index (χ0n) is 31.7. The highest BCUT2D eigenvalue weighted by Gasteiger charge is 2.23. The van der Waals surface area contributed by atoms with Crippen LogP contribution in [0, 0.1) is 0 Å². The van der Waals surface area contributed by atoms with Gasteiger partial charge in [0.25, 0.3) is 0 Å². The van der Waals surface area contributed by atoms with Gasteiger partial charge in [-0.15, -0.1) is 0 Å². The lowest BCUT2D eigenvalue weighted by Crippen LogP contribution is -2.16. The molecule has 0 aliphatic rings. The summed E-state index contributed by atoms with van der Waals surface area (Å²) in [7, 11) is 0. The van der Waals surface area contributed by atoms with Gasteiger partial charge in [0.15, 0.2) is 0 Å². The Morgan fingerprint density at radius 2 is 0.868 bits per heavy atom. The van der Waals surface area contributed by atoms with Gasteiger partial charge in [0.2, 0.25) is 0 Å². The lowest BCUT2D eigenvalue weighted by Gasteiger charge is -2.29. The maximum atomic E-state index is 2.43. The van der Waals surface area contributed by atoms with E-state index in [4.69, 9.17) is 0 Å². The van der Waals surface area contributed by atoms with Crippen molar-refractivity contribution < 1.29 is 0 Å². The van der Waals surface area contributed by atoms with Crippen LogP contribution in [0.4, 0.5) is 17.1 Å². The van der Waals surface area contributed by atoms with Crippen LogP contribution in [0.1, 0.15) is 52.7 Å². The number of benzene rings is 8. The van der Waals surface area contributed by atoms with Crippen molar-refractivity contribution in [2.45, 2.75) is 52.4 Å². The van der Waals surface area contributed by atoms with Crippen molar-refractivity contribution in [3.8, 4) is 33.4 Å². The molecule has 0 aliphatic carbocycles. The molecule has 1 heteroatoms. The van der Waals surface area contributed by atoms with Crippen LogP contribution >= 0.6 is 0 Å². The van der Waals surface area contributed by atoms with Gasteiger partial charge in [-0.2, -0.15) is 0 Å². The largest absolute Gasteiger partial charge is 0.310 e. The highest BCUT2D eigenvalue weighted by Crippen LogP contribution is 2.46. The van der Waals surface area contributed by atoms with E-state index >= 15 is 0 Å². The van der Waals surface area contributed by atoms with E-state index in [1.807, 2.05) is 0 Å². The Morgan fingerprint density at radius 1 is 0.340 bits per heavy atom. The van der Waals surface area contributed by atoms with Crippen molar-refractivity contribution >= 4 is 38.6 Å². The van der Waals surface area contributed by atoms with Gasteiger partial charge in [-0.25, -0.2) is 0 Å². The standard InChI is InChI=1S/C52H47N/c1-51(2,3)42-32-41(33-43(35-42)52(4,5)6)46-23-14-20-39-21-15-24-48(50(39)46)47-22-12-13-25-49(47)53(45-31-28-37-18-10-11-19-40(37)34-45)44-29-26-38(27-30-44)36-16-8-7-9-17-36/h7-35H,1-6H3. The van der Waals surface area contributed by atoms with Crippen molar-refractivity contribution in [2.24, 2.45) is 0 Å². The molecule has 0 aliphatic heterocycles. The lowest BCUT2D eigenvalue weighted by molar-refractivity contribution is 0.569. The molecule has 8 rings (SSSR count). The lowest BCUT2D eigenvalue weighted by atomic mass is 9.78. The maximum absolute atomic E-state index is 2.43. The molecule has 53 heavy (non-hydrogen) atoms. The average molecular weight is 686 g/mol. The van der Waals surface area contributed by atoms with Crippen LogP contribution in [0.2, 0.25) is 0 Å². The number of anilines is 3. The summed E-state index contributed by atoms with van der Waals surface area (Å²) < 4.78 is 0. The number of hydrogen-bond donors (Lipinski definition) is 0. The molecule has 0 amide bonds. The maximum Gasteiger partial charge on any atom is 0.0540 e. The van der Waals surface area contributed by atoms with Gasteiger partial charge in [0.1, 0.15) is 0 Å². The molecule has 0 radical (unpaired) electrons. The second kappa shape index (κ2) is 13.6. The monoisotopic (exact) mass is 685 g/mol. The summed E-state index contributed by atoms with van der Waals surface area (Å²) in [5.74, 6) is 0. The van der Waals surface area contributed by atoms with Gasteiger partial charge < -0.3 is 4.90 Å². The minimum absolute atomic E-state index is 0.0203. The molecule has 0 unspecified atom stereocenters. The predicted octanol–water partition coefficient (Wildman–Crippen LogP) is 15.1. The summed E-state index contributed by atoms with van der Waals surface area (Å²) >= 11 is 0. The highest BCUT2D eigenvalue weighted by atomic mass is 15.1. The first kappa shape index (κ1) is 34.2. The van der Waals surface area contributed by atoms with Crippen LogP contribution in [0.25, 0.3) is 54.9 Å². The highest BCUT2D eigenvalue weighted by molar-refractivity contribution is 6.09. The van der Waals surface area contributed by atoms with Crippen LogP contribution < -0.4 is 4.90 Å². The van der Waals surface area contributed by atoms with Gasteiger partial charge in [-0.3, -0.25) is 0 Å². The summed E-state index contributed by atoms with van der Waals surface area (Å²) in [6.45, 7) is 13.9. The molecule has 0 bridgehead atoms. The third-order valence-corrected chi connectivity index (χ3v) is 10.5. The predicted molar refractivity (Wildman–Crippen MR) is 230 cm³/mol. The number of nitrogens with zero attached hydrogens (tertiary/aromatic N) is 1. The first-order valence-electron chi connectivity index (χ1n) is 18.8. The minimum Gasteiger partial charge on any atom is -0.310 e. The molecule has 260 valence electrons. The fraction of sp³-hybridized carbons (Fsp3) is 0.154. The molecule has 0 aromatic heterocycles. The van der Waals surface area contributed by atoms with E-state index in [1.165, 1.54) is 66.1 Å². The van der Waals surface area contributed by atoms with Crippen molar-refractivity contribution in [1.82, 2.24) is 0 Å². The van der Waals surface area contributed by atoms with E-state index in [1.54, 1.807) is 0 Å². The fourth-order valence-corrected chi connectivity index (χ4v) is 7.53. The normalized spacial score (nSPS) is 12.0. The number of hydrogen-bond acceptors (Lipinski definition) is 1. The van der Waals surface area contributed by atoms with E-state index in [2.05, 4.69) is 222 Å². The molecule has 0 fully saturated rings. The molecule has 8 aromatic rings. The van der Waals surface area contributed by atoms with Crippen LogP contribution in [-0.2, 0) is 10.8 Å². The Bertz CT molecular complexity index is 2520. The summed E-state index contributed by atoms with van der Waals surface area (Å²) in [5, 5.41) is 4.95. The molecule has 0 atom stereocenters. The fourth-order valence-electron chi connectivity index (χ4n) is 7.53. The van der Waals surface area contributed by atoms with Gasteiger partial charge >= 0.3 is 0 Å². The summed E-state index contributed by atoms with van der Waals surface area (Å²) in [4.78, 5) is 2.43. The van der Waals surface area contributed by atoms with Crippen LogP contribution in [-0.4, -0.2) is 0 Å². The van der Waals surface area contributed by atoms with E-state index in [-0.39, 0.29) is 10.8 Å². The number of rotatable bonds is 6. The number of fused-ring (bicyclic) bond motifs is 2. The van der Waals surface area contributed by atoms with E-state index in [0.29, 0.717) is 0 Å². The quantitative estimate of drug-likeness (QED) is 0.168. The Kier molecular flexibility index (Phi) is 8.75. The smallest absolute Gasteiger partial charge is 0.0540 e. The van der Waals surface area contributed by atoms with E-state index in [9.17, 15) is 0 Å². The Labute approximate surface area is 315 Å². The molecular weight excluding hydrogens is 639 g/mol. The molecular formula is C52H47N. The van der Waals surface area contributed by atoms with E-state index < -0.39 is 0 Å². The molecule has 0 spiro atoms. The Hall–Kier alpha value is -5.92. The molecule has 0 saturated carbocycles. The van der Waals surface area contributed by atoms with Gasteiger partial charge in [0, 0.05) is 16.9 Å². The summed E-state index contributed by atoms with van der Waals surface area (Å²) in [6.07, 6.45) is 0. The zero-order valence-corrected chi connectivity index (χ0v) is 31.7. The van der Waals surface area contributed by atoms with Crippen LogP contribution in [0.3, 0.4) is 0 Å². The van der Waals surface area contributed by atoms with Gasteiger partial charge in [-0.1, -0.05) is 187 Å². The average Bonchev–Trinajstić information content (AvgIpc) is 3.17.